The molecular formula is C12H13F3N2. The van der Waals surface area contributed by atoms with Crippen molar-refractivity contribution in [3.05, 3.63) is 29.3 Å². The second kappa shape index (κ2) is 5.09. The number of benzene rings is 1. The van der Waals surface area contributed by atoms with Crippen molar-refractivity contribution >= 4 is 5.69 Å². The van der Waals surface area contributed by atoms with Gasteiger partial charge in [0.25, 0.3) is 0 Å². The number of hydrogen-bond donors (Lipinski definition) is 1. The van der Waals surface area contributed by atoms with Crippen LogP contribution in [0.4, 0.5) is 18.9 Å². The van der Waals surface area contributed by atoms with Crippen molar-refractivity contribution in [2.75, 3.05) is 5.32 Å². The van der Waals surface area contributed by atoms with E-state index >= 15 is 0 Å². The molecule has 0 saturated carbocycles. The Morgan fingerprint density at radius 3 is 2.53 bits per heavy atom. The van der Waals surface area contributed by atoms with E-state index in [1.807, 2.05) is 13.8 Å². The number of nitriles is 1. The summed E-state index contributed by atoms with van der Waals surface area (Å²) in [6.07, 6.45) is -3.59. The Bertz CT molecular complexity index is 432. The van der Waals surface area contributed by atoms with Crippen LogP contribution in [0.3, 0.4) is 0 Å². The lowest BCUT2D eigenvalue weighted by Crippen LogP contribution is -2.15. The van der Waals surface area contributed by atoms with Gasteiger partial charge in [0.1, 0.15) is 6.07 Å². The van der Waals surface area contributed by atoms with Crippen LogP contribution in [0.5, 0.6) is 0 Å². The van der Waals surface area contributed by atoms with Crippen molar-refractivity contribution in [3.8, 4) is 6.07 Å². The molecule has 1 rings (SSSR count). The molecule has 0 saturated heterocycles. The van der Waals surface area contributed by atoms with Gasteiger partial charge in [0.15, 0.2) is 0 Å². The maximum atomic E-state index is 12.4. The van der Waals surface area contributed by atoms with Gasteiger partial charge in [-0.3, -0.25) is 0 Å². The third-order valence-electron chi connectivity index (χ3n) is 2.48. The molecule has 5 heteroatoms. The number of halogens is 3. The van der Waals surface area contributed by atoms with E-state index in [0.717, 1.165) is 18.6 Å². The van der Waals surface area contributed by atoms with Crippen molar-refractivity contribution < 1.29 is 13.2 Å². The van der Waals surface area contributed by atoms with Crippen LogP contribution in [-0.2, 0) is 6.18 Å². The molecule has 0 bridgehead atoms. The summed E-state index contributed by atoms with van der Waals surface area (Å²) >= 11 is 0. The van der Waals surface area contributed by atoms with Gasteiger partial charge in [-0.15, -0.1) is 0 Å². The minimum absolute atomic E-state index is 0.0140. The lowest BCUT2D eigenvalue weighted by Gasteiger charge is -2.15. The SMILES string of the molecule is CCC(C)Nc1ccc(C(F)(F)F)cc1C#N. The minimum atomic E-state index is -4.42. The molecule has 1 aromatic rings. The van der Waals surface area contributed by atoms with Gasteiger partial charge in [0.2, 0.25) is 0 Å². The molecular weight excluding hydrogens is 229 g/mol. The molecule has 0 radical (unpaired) electrons. The van der Waals surface area contributed by atoms with Gasteiger partial charge in [0, 0.05) is 6.04 Å². The zero-order chi connectivity index (χ0) is 13.1. The third-order valence-corrected chi connectivity index (χ3v) is 2.48. The predicted octanol–water partition coefficient (Wildman–Crippen LogP) is 3.79. The number of anilines is 1. The first-order chi connectivity index (χ1) is 7.88. The Labute approximate surface area is 98.1 Å². The topological polar surface area (TPSA) is 35.8 Å². The zero-order valence-electron chi connectivity index (χ0n) is 9.60. The summed E-state index contributed by atoms with van der Waals surface area (Å²) in [5, 5.41) is 11.8. The quantitative estimate of drug-likeness (QED) is 0.875. The first-order valence-corrected chi connectivity index (χ1v) is 5.26. The first-order valence-electron chi connectivity index (χ1n) is 5.26. The van der Waals surface area contributed by atoms with Crippen molar-refractivity contribution in [1.29, 1.82) is 5.26 Å². The Morgan fingerprint density at radius 1 is 1.41 bits per heavy atom. The maximum absolute atomic E-state index is 12.4. The molecule has 0 aliphatic rings. The summed E-state index contributed by atoms with van der Waals surface area (Å²) in [6, 6.07) is 5.03. The molecule has 0 aromatic heterocycles. The van der Waals surface area contributed by atoms with Crippen molar-refractivity contribution in [2.45, 2.75) is 32.5 Å². The Kier molecular flexibility index (Phi) is 4.00. The fraction of sp³-hybridized carbons (Fsp3) is 0.417. The van der Waals surface area contributed by atoms with Crippen molar-refractivity contribution in [2.24, 2.45) is 0 Å². The Morgan fingerprint density at radius 2 is 2.06 bits per heavy atom. The molecule has 92 valence electrons. The van der Waals surface area contributed by atoms with E-state index in [1.54, 1.807) is 6.07 Å². The molecule has 1 N–H and O–H groups in total. The van der Waals surface area contributed by atoms with Gasteiger partial charge in [-0.05, 0) is 31.5 Å². The summed E-state index contributed by atoms with van der Waals surface area (Å²) in [5.74, 6) is 0. The highest BCUT2D eigenvalue weighted by molar-refractivity contribution is 5.59. The molecule has 0 aliphatic heterocycles. The summed E-state index contributed by atoms with van der Waals surface area (Å²) < 4.78 is 37.3. The van der Waals surface area contributed by atoms with E-state index in [0.29, 0.717) is 5.69 Å². The summed E-state index contributed by atoms with van der Waals surface area (Å²) in [7, 11) is 0. The van der Waals surface area contributed by atoms with Gasteiger partial charge >= 0.3 is 6.18 Å². The molecule has 1 unspecified atom stereocenters. The molecule has 17 heavy (non-hydrogen) atoms. The standard InChI is InChI=1S/C12H13F3N2/c1-3-8(2)17-11-5-4-10(12(13,14)15)6-9(11)7-16/h4-6,8,17H,3H2,1-2H3. The van der Waals surface area contributed by atoms with Gasteiger partial charge in [-0.2, -0.15) is 18.4 Å². The molecule has 0 spiro atoms. The molecule has 0 heterocycles. The highest BCUT2D eigenvalue weighted by Gasteiger charge is 2.31. The second-order valence-corrected chi connectivity index (χ2v) is 3.82. The summed E-state index contributed by atoms with van der Waals surface area (Å²) in [4.78, 5) is 0. The van der Waals surface area contributed by atoms with Gasteiger partial charge in [-0.25, -0.2) is 0 Å². The maximum Gasteiger partial charge on any atom is 0.416 e. The fourth-order valence-corrected chi connectivity index (χ4v) is 1.31. The highest BCUT2D eigenvalue weighted by Crippen LogP contribution is 2.31. The fourth-order valence-electron chi connectivity index (χ4n) is 1.31. The average Bonchev–Trinajstić information content (AvgIpc) is 2.27. The Hall–Kier alpha value is -1.70. The van der Waals surface area contributed by atoms with Gasteiger partial charge in [-0.1, -0.05) is 6.92 Å². The van der Waals surface area contributed by atoms with E-state index in [2.05, 4.69) is 5.32 Å². The van der Waals surface area contributed by atoms with Gasteiger partial charge < -0.3 is 5.32 Å². The molecule has 1 atom stereocenters. The second-order valence-electron chi connectivity index (χ2n) is 3.82. The van der Waals surface area contributed by atoms with E-state index in [1.165, 1.54) is 6.07 Å². The molecule has 2 nitrogen and oxygen atoms in total. The summed E-state index contributed by atoms with van der Waals surface area (Å²) in [5.41, 5.74) is -0.348. The Balaban J connectivity index is 3.07. The van der Waals surface area contributed by atoms with Gasteiger partial charge in [0.05, 0.1) is 16.8 Å². The van der Waals surface area contributed by atoms with Crippen LogP contribution in [0.2, 0.25) is 0 Å². The van der Waals surface area contributed by atoms with Crippen molar-refractivity contribution in [1.82, 2.24) is 0 Å². The zero-order valence-corrected chi connectivity index (χ0v) is 9.60. The lowest BCUT2D eigenvalue weighted by atomic mass is 10.1. The largest absolute Gasteiger partial charge is 0.416 e. The number of nitrogens with zero attached hydrogens (tertiary/aromatic N) is 1. The van der Waals surface area contributed by atoms with E-state index in [4.69, 9.17) is 5.26 Å². The highest BCUT2D eigenvalue weighted by atomic mass is 19.4. The lowest BCUT2D eigenvalue weighted by molar-refractivity contribution is -0.137. The van der Waals surface area contributed by atoms with Crippen LogP contribution in [0, 0.1) is 11.3 Å². The van der Waals surface area contributed by atoms with Crippen molar-refractivity contribution in [3.63, 3.8) is 0 Å². The first kappa shape index (κ1) is 13.4. The van der Waals surface area contributed by atoms with Crippen LogP contribution in [0.25, 0.3) is 0 Å². The van der Waals surface area contributed by atoms with E-state index in [9.17, 15) is 13.2 Å². The number of alkyl halides is 3. The monoisotopic (exact) mass is 242 g/mol. The van der Waals surface area contributed by atoms with E-state index in [-0.39, 0.29) is 11.6 Å². The normalized spacial score (nSPS) is 12.9. The molecule has 0 aliphatic carbocycles. The predicted molar refractivity (Wildman–Crippen MR) is 59.5 cm³/mol. The number of rotatable bonds is 3. The smallest absolute Gasteiger partial charge is 0.382 e. The van der Waals surface area contributed by atoms with E-state index < -0.39 is 11.7 Å². The molecule has 1 aromatic carbocycles. The third kappa shape index (κ3) is 3.38. The summed E-state index contributed by atoms with van der Waals surface area (Å²) in [6.45, 7) is 3.85. The van der Waals surface area contributed by atoms with Crippen LogP contribution in [-0.4, -0.2) is 6.04 Å². The average molecular weight is 242 g/mol. The van der Waals surface area contributed by atoms with Crippen LogP contribution >= 0.6 is 0 Å². The number of nitrogens with one attached hydrogen (secondary N) is 1. The minimum Gasteiger partial charge on any atom is -0.382 e. The number of hydrogen-bond acceptors (Lipinski definition) is 2. The van der Waals surface area contributed by atoms with Crippen LogP contribution < -0.4 is 5.32 Å². The van der Waals surface area contributed by atoms with Crippen LogP contribution in [0.1, 0.15) is 31.4 Å². The van der Waals surface area contributed by atoms with Crippen LogP contribution in [0.15, 0.2) is 18.2 Å². The molecule has 0 amide bonds. The molecule has 0 fully saturated rings.